The molecule has 28 heavy (non-hydrogen) atoms. The van der Waals surface area contributed by atoms with E-state index in [-0.39, 0.29) is 17.8 Å². The van der Waals surface area contributed by atoms with E-state index < -0.39 is 0 Å². The maximum absolute atomic E-state index is 13.8. The largest absolute Gasteiger partial charge is 0.467 e. The van der Waals surface area contributed by atoms with Gasteiger partial charge in [0, 0.05) is 35.8 Å². The topological polar surface area (TPSA) is 42.4 Å². The van der Waals surface area contributed by atoms with E-state index in [1.165, 1.54) is 29.2 Å². The van der Waals surface area contributed by atoms with Crippen molar-refractivity contribution < 1.29 is 13.9 Å². The number of hydrogen-bond acceptors (Lipinski definition) is 5. The average molecular weight is 437 g/mol. The molecule has 2 aromatic carbocycles. The van der Waals surface area contributed by atoms with Crippen LogP contribution in [0.5, 0.6) is 5.19 Å². The summed E-state index contributed by atoms with van der Waals surface area (Å²) in [5, 5.41) is 1.18. The van der Waals surface area contributed by atoms with Gasteiger partial charge in [0.1, 0.15) is 17.4 Å². The minimum Gasteiger partial charge on any atom is -0.467 e. The van der Waals surface area contributed by atoms with Gasteiger partial charge in [0.15, 0.2) is 0 Å². The van der Waals surface area contributed by atoms with E-state index in [0.29, 0.717) is 34.6 Å². The second kappa shape index (κ2) is 8.68. The van der Waals surface area contributed by atoms with E-state index in [2.05, 4.69) is 4.98 Å². The molecule has 1 aliphatic rings. The van der Waals surface area contributed by atoms with Crippen LogP contribution in [0.2, 0.25) is 5.02 Å². The summed E-state index contributed by atoms with van der Waals surface area (Å²) in [4.78, 5) is 19.6. The number of aromatic nitrogens is 1. The lowest BCUT2D eigenvalue weighted by molar-refractivity contribution is -0.130. The molecule has 8 heteroatoms. The van der Waals surface area contributed by atoms with E-state index in [1.54, 1.807) is 6.07 Å². The lowest BCUT2D eigenvalue weighted by Gasteiger charge is -2.31. The van der Waals surface area contributed by atoms with Gasteiger partial charge in [-0.25, -0.2) is 4.39 Å². The summed E-state index contributed by atoms with van der Waals surface area (Å²) in [6.07, 6.45) is 1.49. The summed E-state index contributed by atoms with van der Waals surface area (Å²) >= 11 is 8.75. The number of thioether (sulfide) groups is 1. The fourth-order valence-electron chi connectivity index (χ4n) is 3.08. The number of benzene rings is 2. The minimum atomic E-state index is -0.331. The third kappa shape index (κ3) is 4.59. The zero-order valence-corrected chi connectivity index (χ0v) is 17.3. The van der Waals surface area contributed by atoms with Crippen molar-refractivity contribution in [1.82, 2.24) is 9.88 Å². The molecule has 146 valence electrons. The molecule has 1 aliphatic heterocycles. The number of amides is 1. The fraction of sp³-hybridized carbons (Fsp3) is 0.300. The Morgan fingerprint density at radius 1 is 1.25 bits per heavy atom. The van der Waals surface area contributed by atoms with Crippen LogP contribution in [-0.2, 0) is 4.79 Å². The third-order valence-corrected chi connectivity index (χ3v) is 6.75. The highest BCUT2D eigenvalue weighted by molar-refractivity contribution is 8.00. The van der Waals surface area contributed by atoms with Gasteiger partial charge in [-0.15, -0.1) is 11.8 Å². The monoisotopic (exact) mass is 436 g/mol. The molecule has 1 aromatic heterocycles. The van der Waals surface area contributed by atoms with E-state index in [4.69, 9.17) is 16.3 Å². The van der Waals surface area contributed by atoms with Crippen LogP contribution >= 0.6 is 34.7 Å². The Bertz CT molecular complexity index is 972. The van der Waals surface area contributed by atoms with Crippen LogP contribution in [0.1, 0.15) is 12.8 Å². The summed E-state index contributed by atoms with van der Waals surface area (Å²) in [6.45, 7) is 1.31. The summed E-state index contributed by atoms with van der Waals surface area (Å²) in [6, 6.07) is 12.4. The van der Waals surface area contributed by atoms with Crippen molar-refractivity contribution in [3.05, 3.63) is 53.3 Å². The predicted molar refractivity (Wildman–Crippen MR) is 112 cm³/mol. The van der Waals surface area contributed by atoms with Crippen molar-refractivity contribution in [3.8, 4) is 5.19 Å². The first-order chi connectivity index (χ1) is 13.6. The third-order valence-electron chi connectivity index (χ3n) is 4.59. The first-order valence-electron chi connectivity index (χ1n) is 8.96. The molecular weight excluding hydrogens is 419 g/mol. The number of rotatable bonds is 5. The number of hydrogen-bond donors (Lipinski definition) is 0. The Labute approximate surface area is 175 Å². The van der Waals surface area contributed by atoms with Crippen LogP contribution in [-0.4, -0.2) is 40.7 Å². The summed E-state index contributed by atoms with van der Waals surface area (Å²) in [5.41, 5.74) is 0.356. The lowest BCUT2D eigenvalue weighted by atomic mass is 10.1. The number of carbonyl (C=O) groups excluding carboxylic acids is 1. The van der Waals surface area contributed by atoms with Gasteiger partial charge in [0.2, 0.25) is 5.91 Å². The van der Waals surface area contributed by atoms with Crippen molar-refractivity contribution in [3.63, 3.8) is 0 Å². The molecule has 3 aromatic rings. The van der Waals surface area contributed by atoms with E-state index in [0.717, 1.165) is 22.4 Å². The Morgan fingerprint density at radius 2 is 2.00 bits per heavy atom. The van der Waals surface area contributed by atoms with Gasteiger partial charge in [-0.2, -0.15) is 4.98 Å². The number of para-hydroxylation sites is 1. The van der Waals surface area contributed by atoms with Gasteiger partial charge < -0.3 is 9.64 Å². The molecule has 4 nitrogen and oxygen atoms in total. The summed E-state index contributed by atoms with van der Waals surface area (Å²) in [7, 11) is 0. The van der Waals surface area contributed by atoms with Crippen LogP contribution in [0.4, 0.5) is 4.39 Å². The molecule has 0 spiro atoms. The molecule has 1 amide bonds. The smallest absolute Gasteiger partial charge is 0.274 e. The SMILES string of the molecule is O=C(CSc1ccc(Cl)cc1)N1CCC(Oc2nc3c(F)cccc3s2)CC1. The van der Waals surface area contributed by atoms with Crippen molar-refractivity contribution in [2.45, 2.75) is 23.8 Å². The van der Waals surface area contributed by atoms with Crippen LogP contribution in [0.3, 0.4) is 0 Å². The first kappa shape index (κ1) is 19.5. The van der Waals surface area contributed by atoms with Gasteiger partial charge in [0.25, 0.3) is 5.19 Å². The number of fused-ring (bicyclic) bond motifs is 1. The molecular formula is C20H18ClFN2O2S2. The number of ether oxygens (including phenoxy) is 1. The molecule has 0 aliphatic carbocycles. The Hall–Kier alpha value is -1.83. The maximum Gasteiger partial charge on any atom is 0.274 e. The molecule has 1 fully saturated rings. The van der Waals surface area contributed by atoms with Crippen molar-refractivity contribution >= 4 is 50.8 Å². The molecule has 4 rings (SSSR count). The predicted octanol–water partition coefficient (Wildman–Crippen LogP) is 5.25. The zero-order chi connectivity index (χ0) is 19.5. The quantitative estimate of drug-likeness (QED) is 0.512. The van der Waals surface area contributed by atoms with Gasteiger partial charge in [0.05, 0.1) is 10.5 Å². The Kier molecular flexibility index (Phi) is 6.04. The van der Waals surface area contributed by atoms with Crippen LogP contribution in [0.15, 0.2) is 47.4 Å². The van der Waals surface area contributed by atoms with Gasteiger partial charge in [-0.05, 0) is 36.4 Å². The zero-order valence-electron chi connectivity index (χ0n) is 14.9. The second-order valence-electron chi connectivity index (χ2n) is 6.51. The highest BCUT2D eigenvalue weighted by Gasteiger charge is 2.25. The molecule has 0 atom stereocenters. The number of nitrogens with zero attached hydrogens (tertiary/aromatic N) is 2. The van der Waals surface area contributed by atoms with Gasteiger partial charge in [-0.1, -0.05) is 29.0 Å². The molecule has 1 saturated heterocycles. The van der Waals surface area contributed by atoms with Crippen molar-refractivity contribution in [2.24, 2.45) is 0 Å². The van der Waals surface area contributed by atoms with Crippen molar-refractivity contribution in [1.29, 1.82) is 0 Å². The first-order valence-corrected chi connectivity index (χ1v) is 11.1. The molecule has 0 N–H and O–H groups in total. The molecule has 0 unspecified atom stereocenters. The lowest BCUT2D eigenvalue weighted by Crippen LogP contribution is -2.42. The highest BCUT2D eigenvalue weighted by atomic mass is 35.5. The molecule has 0 bridgehead atoms. The number of likely N-dealkylation sites (tertiary alicyclic amines) is 1. The second-order valence-corrected chi connectivity index (χ2v) is 8.99. The van der Waals surface area contributed by atoms with Crippen molar-refractivity contribution in [2.75, 3.05) is 18.8 Å². The number of piperidine rings is 1. The number of halogens is 2. The van der Waals surface area contributed by atoms with Gasteiger partial charge >= 0.3 is 0 Å². The number of carbonyl (C=O) groups is 1. The van der Waals surface area contributed by atoms with Gasteiger partial charge in [-0.3, -0.25) is 4.79 Å². The van der Waals surface area contributed by atoms with E-state index >= 15 is 0 Å². The van der Waals surface area contributed by atoms with Crippen LogP contribution in [0, 0.1) is 5.82 Å². The Balaban J connectivity index is 1.27. The minimum absolute atomic E-state index is 0.00316. The van der Waals surface area contributed by atoms with Crippen LogP contribution in [0.25, 0.3) is 10.2 Å². The molecule has 0 radical (unpaired) electrons. The standard InChI is InChI=1S/C20H18ClFN2O2S2/c21-13-4-6-15(7-5-13)27-12-18(25)24-10-8-14(9-11-24)26-20-23-19-16(22)2-1-3-17(19)28-20/h1-7,14H,8-12H2. The maximum atomic E-state index is 13.8. The summed E-state index contributed by atoms with van der Waals surface area (Å²) < 4.78 is 20.5. The van der Waals surface area contributed by atoms with Crippen LogP contribution < -0.4 is 4.74 Å². The average Bonchev–Trinajstić information content (AvgIpc) is 3.12. The van der Waals surface area contributed by atoms with E-state index in [1.807, 2.05) is 35.2 Å². The fourth-order valence-corrected chi connectivity index (χ4v) is 4.90. The van der Waals surface area contributed by atoms with E-state index in [9.17, 15) is 9.18 Å². The number of thiazole rings is 1. The summed E-state index contributed by atoms with van der Waals surface area (Å²) in [5.74, 6) is 0.201. The highest BCUT2D eigenvalue weighted by Crippen LogP contribution is 2.31. The normalized spacial score (nSPS) is 15.1. The molecule has 2 heterocycles. The Morgan fingerprint density at radius 3 is 2.71 bits per heavy atom. The molecule has 0 saturated carbocycles.